The lowest BCUT2D eigenvalue weighted by Crippen LogP contribution is -2.28. The molecule has 4 aromatic carbocycles. The Morgan fingerprint density at radius 1 is 0.892 bits per heavy atom. The number of nitrogens with one attached hydrogen (secondary N) is 1. The molecular weight excluding hydrogens is 468 g/mol. The summed E-state index contributed by atoms with van der Waals surface area (Å²) >= 11 is 0. The fourth-order valence-electron chi connectivity index (χ4n) is 4.70. The van der Waals surface area contributed by atoms with Crippen molar-refractivity contribution in [3.63, 3.8) is 0 Å². The molecule has 0 spiro atoms. The molecule has 184 valence electrons. The largest absolute Gasteiger partial charge is 0.493 e. The van der Waals surface area contributed by atoms with E-state index in [0.717, 1.165) is 22.0 Å². The second-order valence-corrected chi connectivity index (χ2v) is 8.95. The molecule has 1 aromatic heterocycles. The molecule has 1 aliphatic heterocycles. The summed E-state index contributed by atoms with van der Waals surface area (Å²) in [6.07, 6.45) is 0.151. The Morgan fingerprint density at radius 3 is 2.43 bits per heavy atom. The van der Waals surface area contributed by atoms with Gasteiger partial charge in [-0.2, -0.15) is 0 Å². The molecule has 37 heavy (non-hydrogen) atoms. The molecule has 1 atom stereocenters. The Morgan fingerprint density at radius 2 is 1.62 bits per heavy atom. The zero-order chi connectivity index (χ0) is 25.4. The van der Waals surface area contributed by atoms with Crippen molar-refractivity contribution >= 4 is 45.1 Å². The average Bonchev–Trinajstić information content (AvgIpc) is 3.49. The third-order valence-corrected chi connectivity index (χ3v) is 6.59. The van der Waals surface area contributed by atoms with E-state index in [2.05, 4.69) is 5.32 Å². The maximum absolute atomic E-state index is 13.0. The highest BCUT2D eigenvalue weighted by molar-refractivity contribution is 6.07. The van der Waals surface area contributed by atoms with Crippen LogP contribution in [-0.2, 0) is 9.59 Å². The maximum atomic E-state index is 13.0. The summed E-state index contributed by atoms with van der Waals surface area (Å²) < 4.78 is 17.2. The summed E-state index contributed by atoms with van der Waals surface area (Å²) in [7, 11) is 1.59. The summed E-state index contributed by atoms with van der Waals surface area (Å²) in [6, 6.07) is 28.1. The molecule has 1 fully saturated rings. The highest BCUT2D eigenvalue weighted by Crippen LogP contribution is 2.34. The number of ether oxygens (including phenoxy) is 2. The SMILES string of the molecule is COc1ccccc1Oc1ccc(N2C[C@@H](C(=O)Nc3ccc4c(c3)oc3ccccc34)CC2=O)cc1. The van der Waals surface area contributed by atoms with E-state index in [9.17, 15) is 9.59 Å². The predicted octanol–water partition coefficient (Wildman–Crippen LogP) is 6.38. The van der Waals surface area contributed by atoms with E-state index >= 15 is 0 Å². The first kappa shape index (κ1) is 22.7. The van der Waals surface area contributed by atoms with E-state index in [1.807, 2.05) is 78.9 Å². The highest BCUT2D eigenvalue weighted by Gasteiger charge is 2.35. The van der Waals surface area contributed by atoms with Crippen molar-refractivity contribution in [3.8, 4) is 17.2 Å². The van der Waals surface area contributed by atoms with Crippen LogP contribution < -0.4 is 19.7 Å². The number of rotatable bonds is 6. The second-order valence-electron chi connectivity index (χ2n) is 8.95. The van der Waals surface area contributed by atoms with Gasteiger partial charge in [-0.05, 0) is 54.6 Å². The standard InChI is InChI=1S/C30H24N2O5/c1-35-26-8-4-5-9-27(26)36-22-13-11-21(12-14-22)32-18-19(16-29(32)33)30(34)31-20-10-15-24-23-6-2-3-7-25(23)37-28(24)17-20/h2-15,17,19H,16,18H2,1H3,(H,31,34)/t19-/m0/s1. The predicted molar refractivity (Wildman–Crippen MR) is 142 cm³/mol. The average molecular weight is 493 g/mol. The number of fused-ring (bicyclic) bond motifs is 3. The van der Waals surface area contributed by atoms with Crippen molar-refractivity contribution in [2.24, 2.45) is 5.92 Å². The van der Waals surface area contributed by atoms with E-state index in [0.29, 0.717) is 35.1 Å². The van der Waals surface area contributed by atoms with E-state index < -0.39 is 5.92 Å². The molecule has 1 aliphatic rings. The smallest absolute Gasteiger partial charge is 0.229 e. The van der Waals surface area contributed by atoms with Gasteiger partial charge in [0.25, 0.3) is 0 Å². The molecule has 0 aliphatic carbocycles. The number of carbonyl (C=O) groups excluding carboxylic acids is 2. The molecular formula is C30H24N2O5. The third kappa shape index (κ3) is 4.36. The third-order valence-electron chi connectivity index (χ3n) is 6.59. The van der Waals surface area contributed by atoms with Gasteiger partial charge in [-0.15, -0.1) is 0 Å². The van der Waals surface area contributed by atoms with Crippen molar-refractivity contribution in [3.05, 3.63) is 91.0 Å². The molecule has 7 heteroatoms. The molecule has 5 aromatic rings. The monoisotopic (exact) mass is 492 g/mol. The van der Waals surface area contributed by atoms with Crippen LogP contribution in [0.25, 0.3) is 21.9 Å². The normalized spacial score (nSPS) is 15.3. The molecule has 0 radical (unpaired) electrons. The minimum absolute atomic E-state index is 0.0914. The number of methoxy groups -OCH3 is 1. The summed E-state index contributed by atoms with van der Waals surface area (Å²) in [5.74, 6) is 1.12. The van der Waals surface area contributed by atoms with Crippen molar-refractivity contribution < 1.29 is 23.5 Å². The lowest BCUT2D eigenvalue weighted by atomic mass is 10.1. The van der Waals surface area contributed by atoms with Gasteiger partial charge < -0.3 is 24.1 Å². The van der Waals surface area contributed by atoms with Gasteiger partial charge in [0.15, 0.2) is 11.5 Å². The van der Waals surface area contributed by atoms with Gasteiger partial charge >= 0.3 is 0 Å². The lowest BCUT2D eigenvalue weighted by Gasteiger charge is -2.17. The summed E-state index contributed by atoms with van der Waals surface area (Å²) in [5, 5.41) is 4.98. The van der Waals surface area contributed by atoms with Gasteiger partial charge in [0.1, 0.15) is 16.9 Å². The molecule has 2 heterocycles. The Hall–Kier alpha value is -4.78. The van der Waals surface area contributed by atoms with Crippen LogP contribution in [0.2, 0.25) is 0 Å². The van der Waals surface area contributed by atoms with Crippen LogP contribution in [0.15, 0.2) is 95.4 Å². The lowest BCUT2D eigenvalue weighted by molar-refractivity contribution is -0.122. The van der Waals surface area contributed by atoms with Crippen LogP contribution in [0.1, 0.15) is 6.42 Å². The van der Waals surface area contributed by atoms with Crippen molar-refractivity contribution in [2.45, 2.75) is 6.42 Å². The number of hydrogen-bond acceptors (Lipinski definition) is 5. The van der Waals surface area contributed by atoms with Crippen LogP contribution in [0, 0.1) is 5.92 Å². The van der Waals surface area contributed by atoms with Gasteiger partial charge in [-0.25, -0.2) is 0 Å². The van der Waals surface area contributed by atoms with Crippen LogP contribution >= 0.6 is 0 Å². The molecule has 1 saturated heterocycles. The second kappa shape index (κ2) is 9.35. The topological polar surface area (TPSA) is 81.0 Å². The minimum atomic E-state index is -0.455. The van der Waals surface area contributed by atoms with E-state index in [1.54, 1.807) is 24.1 Å². The first-order chi connectivity index (χ1) is 18.1. The van der Waals surface area contributed by atoms with Crippen LogP contribution in [0.3, 0.4) is 0 Å². The fourth-order valence-corrected chi connectivity index (χ4v) is 4.70. The van der Waals surface area contributed by atoms with E-state index in [1.165, 1.54) is 0 Å². The molecule has 0 unspecified atom stereocenters. The van der Waals surface area contributed by atoms with Gasteiger partial charge in [-0.1, -0.05) is 30.3 Å². The summed E-state index contributed by atoms with van der Waals surface area (Å²) in [6.45, 7) is 0.310. The first-order valence-electron chi connectivity index (χ1n) is 12.0. The van der Waals surface area contributed by atoms with Gasteiger partial charge in [0, 0.05) is 41.2 Å². The number of hydrogen-bond donors (Lipinski definition) is 1. The number of para-hydroxylation sites is 3. The number of amides is 2. The van der Waals surface area contributed by atoms with Gasteiger partial charge in [0.2, 0.25) is 11.8 Å². The van der Waals surface area contributed by atoms with Gasteiger partial charge in [-0.3, -0.25) is 9.59 Å². The minimum Gasteiger partial charge on any atom is -0.493 e. The molecule has 6 rings (SSSR count). The van der Waals surface area contributed by atoms with E-state index in [4.69, 9.17) is 13.9 Å². The molecule has 1 N–H and O–H groups in total. The zero-order valence-corrected chi connectivity index (χ0v) is 20.1. The number of carbonyl (C=O) groups is 2. The van der Waals surface area contributed by atoms with Gasteiger partial charge in [0.05, 0.1) is 13.0 Å². The van der Waals surface area contributed by atoms with Crippen LogP contribution in [0.5, 0.6) is 17.2 Å². The summed E-state index contributed by atoms with van der Waals surface area (Å²) in [4.78, 5) is 27.4. The Labute approximate surface area is 213 Å². The van der Waals surface area contributed by atoms with Crippen molar-refractivity contribution in [1.29, 1.82) is 0 Å². The number of anilines is 2. The van der Waals surface area contributed by atoms with Crippen LogP contribution in [0.4, 0.5) is 11.4 Å². The Balaban J connectivity index is 1.13. The fraction of sp³-hybridized carbons (Fsp3) is 0.133. The number of nitrogens with zero attached hydrogens (tertiary/aromatic N) is 1. The molecule has 7 nitrogen and oxygen atoms in total. The number of benzene rings is 4. The Kier molecular flexibility index (Phi) is 5.73. The number of furan rings is 1. The first-order valence-corrected chi connectivity index (χ1v) is 12.0. The maximum Gasteiger partial charge on any atom is 0.229 e. The van der Waals surface area contributed by atoms with Crippen molar-refractivity contribution in [1.82, 2.24) is 0 Å². The zero-order valence-electron chi connectivity index (χ0n) is 20.1. The molecule has 2 amide bonds. The molecule has 0 bridgehead atoms. The quantitative estimate of drug-likeness (QED) is 0.298. The Bertz CT molecular complexity index is 1620. The van der Waals surface area contributed by atoms with E-state index in [-0.39, 0.29) is 18.2 Å². The molecule has 0 saturated carbocycles. The summed E-state index contributed by atoms with van der Waals surface area (Å²) in [5.41, 5.74) is 2.87. The highest BCUT2D eigenvalue weighted by atomic mass is 16.5. The van der Waals surface area contributed by atoms with Crippen LogP contribution in [-0.4, -0.2) is 25.5 Å². The van der Waals surface area contributed by atoms with Crippen molar-refractivity contribution in [2.75, 3.05) is 23.9 Å².